The second-order valence-corrected chi connectivity index (χ2v) is 11.2. The van der Waals surface area contributed by atoms with Crippen LogP contribution in [-0.4, -0.2) is 57.6 Å². The molecule has 2 aromatic heterocycles. The van der Waals surface area contributed by atoms with Crippen molar-refractivity contribution in [2.24, 2.45) is 0 Å². The fourth-order valence-corrected chi connectivity index (χ4v) is 6.72. The third kappa shape index (κ3) is 6.15. The quantitative estimate of drug-likeness (QED) is 0.553. The molecule has 3 fully saturated rings. The molecule has 2 saturated heterocycles. The predicted octanol–water partition coefficient (Wildman–Crippen LogP) is 3.85. The lowest BCUT2D eigenvalue weighted by molar-refractivity contribution is -0.119. The molecule has 184 valence electrons. The highest BCUT2D eigenvalue weighted by molar-refractivity contribution is 7.15. The Morgan fingerprint density at radius 3 is 1.68 bits per heavy atom. The fraction of sp³-hybridized carbons (Fsp3) is 0.727. The van der Waals surface area contributed by atoms with Crippen molar-refractivity contribution < 1.29 is 19.1 Å². The smallest absolute Gasteiger partial charge is 0.228 e. The second kappa shape index (κ2) is 11.1. The van der Waals surface area contributed by atoms with E-state index in [0.717, 1.165) is 74.6 Å². The summed E-state index contributed by atoms with van der Waals surface area (Å²) in [7, 11) is 0. The lowest BCUT2D eigenvalue weighted by atomic mass is 9.82. The molecule has 3 aliphatic rings. The monoisotopic (exact) mass is 506 g/mol. The molecule has 4 heterocycles. The molecular formula is C22H30N6O4S2. The Morgan fingerprint density at radius 2 is 1.24 bits per heavy atom. The van der Waals surface area contributed by atoms with Crippen LogP contribution in [0.15, 0.2) is 0 Å². The van der Waals surface area contributed by atoms with Crippen LogP contribution >= 0.6 is 22.7 Å². The van der Waals surface area contributed by atoms with Gasteiger partial charge in [0.2, 0.25) is 22.1 Å². The summed E-state index contributed by atoms with van der Waals surface area (Å²) in [5.74, 6) is 0.418. The third-order valence-corrected chi connectivity index (χ3v) is 8.62. The van der Waals surface area contributed by atoms with E-state index in [-0.39, 0.29) is 35.9 Å². The number of nitrogens with zero attached hydrogens (tertiary/aromatic N) is 4. The first kappa shape index (κ1) is 23.7. The zero-order valence-electron chi connectivity index (χ0n) is 19.0. The van der Waals surface area contributed by atoms with Gasteiger partial charge in [0.1, 0.15) is 10.0 Å². The molecule has 4 atom stereocenters. The fourth-order valence-electron chi connectivity index (χ4n) is 4.90. The van der Waals surface area contributed by atoms with E-state index in [2.05, 4.69) is 31.0 Å². The largest absolute Gasteiger partial charge is 0.378 e. The molecule has 2 aromatic rings. The number of hydrogen-bond donors (Lipinski definition) is 2. The number of rotatable bonds is 8. The van der Waals surface area contributed by atoms with Crippen LogP contribution in [0.4, 0.5) is 10.3 Å². The minimum atomic E-state index is -0.0703. The molecule has 0 spiro atoms. The van der Waals surface area contributed by atoms with Gasteiger partial charge in [-0.15, -0.1) is 20.4 Å². The highest BCUT2D eigenvalue weighted by Crippen LogP contribution is 2.43. The minimum Gasteiger partial charge on any atom is -0.378 e. The molecule has 10 nitrogen and oxygen atoms in total. The van der Waals surface area contributed by atoms with Crippen LogP contribution in [0.1, 0.15) is 86.1 Å². The molecule has 5 rings (SSSR count). The molecule has 1 saturated carbocycles. The van der Waals surface area contributed by atoms with Crippen molar-refractivity contribution in [3.63, 3.8) is 0 Å². The van der Waals surface area contributed by atoms with Gasteiger partial charge < -0.3 is 20.1 Å². The summed E-state index contributed by atoms with van der Waals surface area (Å²) in [6.45, 7) is 1.48. The van der Waals surface area contributed by atoms with E-state index in [9.17, 15) is 9.59 Å². The van der Waals surface area contributed by atoms with E-state index in [1.807, 2.05) is 0 Å². The number of amides is 2. The molecular weight excluding hydrogens is 476 g/mol. The number of carbonyl (C=O) groups is 2. The van der Waals surface area contributed by atoms with E-state index < -0.39 is 0 Å². The van der Waals surface area contributed by atoms with Gasteiger partial charge in [0.05, 0.1) is 25.0 Å². The van der Waals surface area contributed by atoms with Gasteiger partial charge in [-0.05, 0) is 44.9 Å². The minimum absolute atomic E-state index is 0.0177. The summed E-state index contributed by atoms with van der Waals surface area (Å²) in [5, 5.41) is 25.9. The van der Waals surface area contributed by atoms with Crippen LogP contribution < -0.4 is 10.6 Å². The molecule has 0 bridgehead atoms. The first-order chi connectivity index (χ1) is 16.6. The number of anilines is 2. The number of carbonyl (C=O) groups excluding carboxylic acids is 2. The van der Waals surface area contributed by atoms with E-state index in [1.165, 1.54) is 22.7 Å². The van der Waals surface area contributed by atoms with Gasteiger partial charge in [-0.1, -0.05) is 29.1 Å². The van der Waals surface area contributed by atoms with Crippen molar-refractivity contribution in [3.8, 4) is 0 Å². The average Bonchev–Trinajstić information content (AvgIpc) is 3.63. The van der Waals surface area contributed by atoms with Crippen molar-refractivity contribution in [2.75, 3.05) is 23.8 Å². The topological polar surface area (TPSA) is 128 Å². The number of ether oxygens (including phenoxy) is 2. The normalized spacial score (nSPS) is 27.1. The second-order valence-electron chi connectivity index (χ2n) is 9.23. The first-order valence-electron chi connectivity index (χ1n) is 12.1. The lowest BCUT2D eigenvalue weighted by Gasteiger charge is -2.25. The van der Waals surface area contributed by atoms with Gasteiger partial charge in [-0.25, -0.2) is 0 Å². The van der Waals surface area contributed by atoms with E-state index in [0.29, 0.717) is 23.1 Å². The Labute approximate surface area is 206 Å². The molecule has 34 heavy (non-hydrogen) atoms. The van der Waals surface area contributed by atoms with E-state index >= 15 is 0 Å². The first-order valence-corrected chi connectivity index (χ1v) is 13.8. The summed E-state index contributed by atoms with van der Waals surface area (Å²) in [6, 6.07) is 0. The summed E-state index contributed by atoms with van der Waals surface area (Å²) in [6.07, 6.45) is 8.73. The van der Waals surface area contributed by atoms with Crippen LogP contribution in [0.3, 0.4) is 0 Å². The molecule has 2 N–H and O–H groups in total. The number of nitrogens with one attached hydrogen (secondary N) is 2. The lowest BCUT2D eigenvalue weighted by Crippen LogP contribution is -2.19. The Morgan fingerprint density at radius 1 is 0.735 bits per heavy atom. The van der Waals surface area contributed by atoms with Crippen molar-refractivity contribution in [1.29, 1.82) is 0 Å². The third-order valence-electron chi connectivity index (χ3n) is 6.62. The highest BCUT2D eigenvalue weighted by atomic mass is 32.1. The zero-order valence-corrected chi connectivity index (χ0v) is 20.7. The van der Waals surface area contributed by atoms with Crippen molar-refractivity contribution in [1.82, 2.24) is 20.4 Å². The average molecular weight is 507 g/mol. The molecule has 0 radical (unpaired) electrons. The standard InChI is InChI=1S/C22H30N6O4S2/c29-17(11-15-6-2-8-31-15)23-21-27-25-19(33-21)13-4-1-5-14(10-13)20-26-28-22(34-20)24-18(30)12-16-7-3-9-32-16/h13-16H,1-12H2,(H,23,27,29)(H,24,28,30)/t13-,14-,15?,16?/m1/s1. The van der Waals surface area contributed by atoms with Gasteiger partial charge in [0.15, 0.2) is 0 Å². The van der Waals surface area contributed by atoms with E-state index in [1.54, 1.807) is 0 Å². The Bertz CT molecular complexity index is 909. The van der Waals surface area contributed by atoms with Crippen molar-refractivity contribution in [3.05, 3.63) is 10.0 Å². The van der Waals surface area contributed by atoms with Crippen LogP contribution in [0.2, 0.25) is 0 Å². The van der Waals surface area contributed by atoms with Gasteiger partial charge in [0, 0.05) is 25.0 Å². The highest BCUT2D eigenvalue weighted by Gasteiger charge is 2.30. The summed E-state index contributed by atoms with van der Waals surface area (Å²) < 4.78 is 11.1. The molecule has 2 aliphatic heterocycles. The van der Waals surface area contributed by atoms with Crippen molar-refractivity contribution >= 4 is 44.8 Å². The molecule has 0 aromatic carbocycles. The Kier molecular flexibility index (Phi) is 7.77. The van der Waals surface area contributed by atoms with Crippen LogP contribution in [0.5, 0.6) is 0 Å². The van der Waals surface area contributed by atoms with Gasteiger partial charge in [0.25, 0.3) is 0 Å². The Balaban J connectivity index is 1.13. The van der Waals surface area contributed by atoms with Gasteiger partial charge >= 0.3 is 0 Å². The zero-order chi connectivity index (χ0) is 23.3. The molecule has 2 amide bonds. The molecule has 1 aliphatic carbocycles. The predicted molar refractivity (Wildman–Crippen MR) is 128 cm³/mol. The molecule has 2 unspecified atom stereocenters. The van der Waals surface area contributed by atoms with Gasteiger partial charge in [-0.2, -0.15) is 0 Å². The summed E-state index contributed by atoms with van der Waals surface area (Å²) in [4.78, 5) is 24.5. The van der Waals surface area contributed by atoms with Crippen LogP contribution in [-0.2, 0) is 19.1 Å². The summed E-state index contributed by atoms with van der Waals surface area (Å²) in [5.41, 5.74) is 0. The summed E-state index contributed by atoms with van der Waals surface area (Å²) >= 11 is 2.91. The number of aromatic nitrogens is 4. The van der Waals surface area contributed by atoms with Gasteiger partial charge in [-0.3, -0.25) is 9.59 Å². The maximum Gasteiger partial charge on any atom is 0.228 e. The van der Waals surface area contributed by atoms with Crippen molar-refractivity contribution in [2.45, 2.75) is 88.3 Å². The SMILES string of the molecule is O=C(CC1CCCO1)Nc1nnc([C@@H]2CCC[C@@H](c3nnc(NC(=O)CC4CCCO4)s3)C2)s1. The maximum atomic E-state index is 12.3. The van der Waals surface area contributed by atoms with E-state index in [4.69, 9.17) is 9.47 Å². The number of hydrogen-bond acceptors (Lipinski definition) is 10. The van der Waals surface area contributed by atoms with Crippen LogP contribution in [0.25, 0.3) is 0 Å². The van der Waals surface area contributed by atoms with Crippen LogP contribution in [0, 0.1) is 0 Å². The Hall–Kier alpha value is -2.02. The maximum absolute atomic E-state index is 12.3. The molecule has 12 heteroatoms.